The quantitative estimate of drug-likeness (QED) is 0.312. The monoisotopic (exact) mass is 390 g/mol. The van der Waals surface area contributed by atoms with E-state index in [1.807, 2.05) is 0 Å². The standard InChI is InChI=1S/C26H46O2/c1-3-4-5-10-17-25(26(24(27)28-2)18-11-7-12-19-26)20-15-23(16-21-25)22-13-8-6-9-14-22/h22-23H,3-21H2,1-2H3. The molecule has 0 N–H and O–H groups in total. The molecule has 3 rings (SSSR count). The van der Waals surface area contributed by atoms with Gasteiger partial charge in [-0.2, -0.15) is 0 Å². The van der Waals surface area contributed by atoms with Crippen LogP contribution in [0.25, 0.3) is 0 Å². The van der Waals surface area contributed by atoms with Crippen molar-refractivity contribution in [2.75, 3.05) is 7.11 Å². The topological polar surface area (TPSA) is 26.3 Å². The molecule has 0 heterocycles. The second kappa shape index (κ2) is 10.5. The van der Waals surface area contributed by atoms with E-state index in [1.165, 1.54) is 109 Å². The van der Waals surface area contributed by atoms with E-state index in [1.54, 1.807) is 7.11 Å². The normalized spacial score (nSPS) is 31.4. The highest BCUT2D eigenvalue weighted by Crippen LogP contribution is 2.61. The van der Waals surface area contributed by atoms with Gasteiger partial charge in [-0.05, 0) is 62.2 Å². The van der Waals surface area contributed by atoms with Gasteiger partial charge in [0, 0.05) is 0 Å². The summed E-state index contributed by atoms with van der Waals surface area (Å²) in [6.07, 6.45) is 25.1. The van der Waals surface area contributed by atoms with E-state index in [0.717, 1.165) is 24.7 Å². The van der Waals surface area contributed by atoms with Crippen molar-refractivity contribution in [1.82, 2.24) is 0 Å². The lowest BCUT2D eigenvalue weighted by Gasteiger charge is -2.55. The van der Waals surface area contributed by atoms with Crippen LogP contribution in [-0.2, 0) is 9.53 Å². The molecule has 0 spiro atoms. The number of rotatable bonds is 8. The second-order valence-electron chi connectivity index (χ2n) is 10.5. The summed E-state index contributed by atoms with van der Waals surface area (Å²) in [6, 6.07) is 0. The third-order valence-corrected chi connectivity index (χ3v) is 9.11. The molecule has 0 aromatic rings. The predicted molar refractivity (Wildman–Crippen MR) is 117 cm³/mol. The first kappa shape index (κ1) is 22.2. The van der Waals surface area contributed by atoms with Gasteiger partial charge in [0.05, 0.1) is 12.5 Å². The van der Waals surface area contributed by atoms with E-state index in [-0.39, 0.29) is 16.8 Å². The van der Waals surface area contributed by atoms with Crippen LogP contribution in [0.1, 0.15) is 129 Å². The summed E-state index contributed by atoms with van der Waals surface area (Å²) in [5, 5.41) is 0. The average molecular weight is 391 g/mol. The number of hydrogen-bond acceptors (Lipinski definition) is 2. The molecule has 0 atom stereocenters. The third kappa shape index (κ3) is 4.62. The van der Waals surface area contributed by atoms with Gasteiger partial charge in [0.1, 0.15) is 0 Å². The molecule has 2 nitrogen and oxygen atoms in total. The first-order chi connectivity index (χ1) is 13.7. The number of carbonyl (C=O) groups is 1. The van der Waals surface area contributed by atoms with Gasteiger partial charge in [-0.1, -0.05) is 84.0 Å². The third-order valence-electron chi connectivity index (χ3n) is 9.11. The fraction of sp³-hybridized carbons (Fsp3) is 0.962. The van der Waals surface area contributed by atoms with Crippen molar-refractivity contribution >= 4 is 5.97 Å². The van der Waals surface area contributed by atoms with Crippen LogP contribution in [0.5, 0.6) is 0 Å². The predicted octanol–water partition coefficient (Wildman–Crippen LogP) is 7.84. The van der Waals surface area contributed by atoms with Crippen LogP contribution in [0.2, 0.25) is 0 Å². The molecule has 0 saturated heterocycles. The molecule has 0 bridgehead atoms. The van der Waals surface area contributed by atoms with Crippen LogP contribution < -0.4 is 0 Å². The zero-order valence-electron chi connectivity index (χ0n) is 18.9. The van der Waals surface area contributed by atoms with Gasteiger partial charge in [0.25, 0.3) is 0 Å². The van der Waals surface area contributed by atoms with Gasteiger partial charge in [0.2, 0.25) is 0 Å². The molecule has 162 valence electrons. The molecule has 0 aliphatic heterocycles. The second-order valence-corrected chi connectivity index (χ2v) is 10.5. The molecular weight excluding hydrogens is 344 g/mol. The van der Waals surface area contributed by atoms with Crippen LogP contribution in [-0.4, -0.2) is 13.1 Å². The maximum atomic E-state index is 13.2. The Morgan fingerprint density at radius 1 is 0.786 bits per heavy atom. The molecule has 3 aliphatic carbocycles. The summed E-state index contributed by atoms with van der Waals surface area (Å²) >= 11 is 0. The van der Waals surface area contributed by atoms with Crippen molar-refractivity contribution in [3.8, 4) is 0 Å². The first-order valence-corrected chi connectivity index (χ1v) is 12.8. The van der Waals surface area contributed by atoms with Crippen LogP contribution >= 0.6 is 0 Å². The van der Waals surface area contributed by atoms with E-state index >= 15 is 0 Å². The van der Waals surface area contributed by atoms with Crippen LogP contribution in [0.3, 0.4) is 0 Å². The fourth-order valence-corrected chi connectivity index (χ4v) is 7.43. The molecular formula is C26H46O2. The zero-order valence-corrected chi connectivity index (χ0v) is 18.9. The largest absolute Gasteiger partial charge is 0.469 e. The van der Waals surface area contributed by atoms with Crippen LogP contribution in [0.15, 0.2) is 0 Å². The molecule has 3 aliphatic rings. The van der Waals surface area contributed by atoms with E-state index in [4.69, 9.17) is 4.74 Å². The summed E-state index contributed by atoms with van der Waals surface area (Å²) in [7, 11) is 1.64. The van der Waals surface area contributed by atoms with Crippen molar-refractivity contribution < 1.29 is 9.53 Å². The maximum Gasteiger partial charge on any atom is 0.312 e. The number of esters is 1. The van der Waals surface area contributed by atoms with Gasteiger partial charge in [-0.3, -0.25) is 4.79 Å². The first-order valence-electron chi connectivity index (χ1n) is 12.8. The maximum absolute atomic E-state index is 13.2. The van der Waals surface area contributed by atoms with Gasteiger partial charge in [-0.25, -0.2) is 0 Å². The van der Waals surface area contributed by atoms with Gasteiger partial charge in [0.15, 0.2) is 0 Å². The van der Waals surface area contributed by atoms with Gasteiger partial charge >= 0.3 is 5.97 Å². The average Bonchev–Trinajstić information content (AvgIpc) is 2.77. The summed E-state index contributed by atoms with van der Waals surface area (Å²) in [5.74, 6) is 2.05. The Balaban J connectivity index is 1.76. The van der Waals surface area contributed by atoms with Crippen molar-refractivity contribution in [2.45, 2.75) is 129 Å². The van der Waals surface area contributed by atoms with Gasteiger partial charge < -0.3 is 4.74 Å². The SMILES string of the molecule is CCCCCCC1(C2(C(=O)OC)CCCCC2)CCC(C2CCCCC2)CC1. The summed E-state index contributed by atoms with van der Waals surface area (Å²) in [6.45, 7) is 2.29. The van der Waals surface area contributed by atoms with Crippen molar-refractivity contribution in [1.29, 1.82) is 0 Å². The highest BCUT2D eigenvalue weighted by molar-refractivity contribution is 5.78. The molecule has 3 saturated carbocycles. The molecule has 28 heavy (non-hydrogen) atoms. The number of hydrogen-bond donors (Lipinski definition) is 0. The molecule has 0 radical (unpaired) electrons. The smallest absolute Gasteiger partial charge is 0.312 e. The Morgan fingerprint density at radius 3 is 2.00 bits per heavy atom. The molecule has 0 amide bonds. The molecule has 0 aromatic carbocycles. The van der Waals surface area contributed by atoms with Crippen molar-refractivity contribution in [3.63, 3.8) is 0 Å². The van der Waals surface area contributed by atoms with Crippen molar-refractivity contribution in [2.24, 2.45) is 22.7 Å². The van der Waals surface area contributed by atoms with E-state index in [9.17, 15) is 4.79 Å². The Labute approximate surface area is 174 Å². The Kier molecular flexibility index (Phi) is 8.30. The lowest BCUT2D eigenvalue weighted by atomic mass is 9.49. The Bertz CT molecular complexity index is 463. The van der Waals surface area contributed by atoms with E-state index in [0.29, 0.717) is 0 Å². The zero-order chi connectivity index (χ0) is 19.9. The van der Waals surface area contributed by atoms with E-state index < -0.39 is 0 Å². The minimum absolute atomic E-state index is 0.138. The number of ether oxygens (including phenoxy) is 1. The molecule has 3 fully saturated rings. The summed E-state index contributed by atoms with van der Waals surface area (Å²) in [4.78, 5) is 13.2. The van der Waals surface area contributed by atoms with Crippen molar-refractivity contribution in [3.05, 3.63) is 0 Å². The highest BCUT2D eigenvalue weighted by atomic mass is 16.5. The highest BCUT2D eigenvalue weighted by Gasteiger charge is 2.57. The minimum atomic E-state index is -0.177. The summed E-state index contributed by atoms with van der Waals surface area (Å²) < 4.78 is 5.50. The Hall–Kier alpha value is -0.530. The lowest BCUT2D eigenvalue weighted by molar-refractivity contribution is -0.172. The number of unbranched alkanes of at least 4 members (excludes halogenated alkanes) is 3. The van der Waals surface area contributed by atoms with Crippen LogP contribution in [0.4, 0.5) is 0 Å². The van der Waals surface area contributed by atoms with E-state index in [2.05, 4.69) is 6.92 Å². The lowest BCUT2D eigenvalue weighted by Crippen LogP contribution is -2.51. The number of methoxy groups -OCH3 is 1. The number of carbonyl (C=O) groups excluding carboxylic acids is 1. The molecule has 2 heteroatoms. The minimum Gasteiger partial charge on any atom is -0.469 e. The van der Waals surface area contributed by atoms with Crippen LogP contribution in [0, 0.1) is 22.7 Å². The summed E-state index contributed by atoms with van der Waals surface area (Å²) in [5.41, 5.74) is 0.0448. The van der Waals surface area contributed by atoms with Gasteiger partial charge in [-0.15, -0.1) is 0 Å². The molecule has 0 unspecified atom stereocenters. The molecule has 0 aromatic heterocycles. The Morgan fingerprint density at radius 2 is 1.39 bits per heavy atom. The fourth-order valence-electron chi connectivity index (χ4n) is 7.43.